The smallest absolute Gasteiger partial charge is 0.264 e. The van der Waals surface area contributed by atoms with Crippen LogP contribution in [0.3, 0.4) is 0 Å². The lowest BCUT2D eigenvalue weighted by molar-refractivity contribution is -0.140. The van der Waals surface area contributed by atoms with Gasteiger partial charge in [-0.3, -0.25) is 13.9 Å². The number of hydrogen-bond acceptors (Lipinski definition) is 4. The first-order valence-corrected chi connectivity index (χ1v) is 15.9. The summed E-state index contributed by atoms with van der Waals surface area (Å²) in [5.41, 5.74) is 0.565. The van der Waals surface area contributed by atoms with Crippen molar-refractivity contribution in [3.63, 3.8) is 0 Å². The summed E-state index contributed by atoms with van der Waals surface area (Å²) in [5, 5.41) is 3.88. The Labute approximate surface area is 261 Å². The highest BCUT2D eigenvalue weighted by molar-refractivity contribution is 7.92. The van der Waals surface area contributed by atoms with Gasteiger partial charge in [0.15, 0.2) is 0 Å². The van der Waals surface area contributed by atoms with E-state index in [1.54, 1.807) is 43.3 Å². The van der Waals surface area contributed by atoms with E-state index in [1.165, 1.54) is 35.2 Å². The Bertz CT molecular complexity index is 1470. The summed E-state index contributed by atoms with van der Waals surface area (Å²) in [6.45, 7) is 4.81. The van der Waals surface area contributed by atoms with E-state index in [4.69, 9.17) is 46.4 Å². The third-order valence-corrected chi connectivity index (χ3v) is 9.81. The summed E-state index contributed by atoms with van der Waals surface area (Å²) in [5.74, 6) is -1.01. The Morgan fingerprint density at radius 3 is 2.02 bits per heavy atom. The van der Waals surface area contributed by atoms with Gasteiger partial charge in [-0.05, 0) is 62.2 Å². The third-order valence-electron chi connectivity index (χ3n) is 6.58. The molecule has 0 aliphatic rings. The molecule has 3 rings (SSSR count). The fourth-order valence-corrected chi connectivity index (χ4v) is 6.34. The molecule has 41 heavy (non-hydrogen) atoms. The monoisotopic (exact) mass is 657 g/mol. The molecule has 3 aromatic rings. The molecular weight excluding hydrogens is 628 g/mol. The second-order valence-corrected chi connectivity index (χ2v) is 12.9. The zero-order valence-corrected chi connectivity index (χ0v) is 26.6. The second kappa shape index (κ2) is 14.6. The number of carbonyl (C=O) groups excluding carboxylic acids is 2. The number of halogens is 4. The molecule has 0 bridgehead atoms. The highest BCUT2D eigenvalue weighted by Crippen LogP contribution is 2.32. The Morgan fingerprint density at radius 2 is 1.46 bits per heavy atom. The van der Waals surface area contributed by atoms with Crippen LogP contribution in [0.15, 0.2) is 71.6 Å². The minimum Gasteiger partial charge on any atom is -0.352 e. The highest BCUT2D eigenvalue weighted by atomic mass is 35.5. The van der Waals surface area contributed by atoms with E-state index in [-0.39, 0.29) is 45.5 Å². The van der Waals surface area contributed by atoms with Crippen LogP contribution in [-0.4, -0.2) is 43.8 Å². The zero-order valence-electron chi connectivity index (χ0n) is 22.8. The lowest BCUT2D eigenvalue weighted by atomic mass is 10.1. The zero-order chi connectivity index (χ0) is 30.3. The van der Waals surface area contributed by atoms with Crippen LogP contribution < -0.4 is 9.62 Å². The van der Waals surface area contributed by atoms with Gasteiger partial charge in [0.1, 0.15) is 12.6 Å². The quantitative estimate of drug-likeness (QED) is 0.223. The molecule has 2 amide bonds. The highest BCUT2D eigenvalue weighted by Gasteiger charge is 2.34. The standard InChI is InChI=1S/C29H31Cl4N3O4S/c1-4-19(3)34-29(38)27(5-2)35(17-22-23(30)12-9-13-24(22)31)28(37)18-36(20-14-15-25(32)26(33)16-20)41(39,40)21-10-7-6-8-11-21/h6-16,19,27H,4-5,17-18H2,1-3H3,(H,34,38)/t19-,27+/m0/s1. The molecule has 1 N–H and O–H groups in total. The van der Waals surface area contributed by atoms with Crippen molar-refractivity contribution in [2.75, 3.05) is 10.8 Å². The lowest BCUT2D eigenvalue weighted by Gasteiger charge is -2.34. The van der Waals surface area contributed by atoms with Crippen molar-refractivity contribution >= 4 is 73.9 Å². The number of rotatable bonds is 12. The van der Waals surface area contributed by atoms with E-state index in [0.29, 0.717) is 22.0 Å². The maximum atomic E-state index is 14.1. The summed E-state index contributed by atoms with van der Waals surface area (Å²) in [7, 11) is -4.25. The fraction of sp³-hybridized carbons (Fsp3) is 0.310. The molecule has 0 aliphatic carbocycles. The predicted molar refractivity (Wildman–Crippen MR) is 166 cm³/mol. The number of nitrogens with one attached hydrogen (secondary N) is 1. The molecule has 3 aromatic carbocycles. The van der Waals surface area contributed by atoms with Crippen LogP contribution >= 0.6 is 46.4 Å². The van der Waals surface area contributed by atoms with Gasteiger partial charge in [0, 0.05) is 28.2 Å². The van der Waals surface area contributed by atoms with E-state index in [9.17, 15) is 18.0 Å². The van der Waals surface area contributed by atoms with Crippen LogP contribution in [0, 0.1) is 0 Å². The van der Waals surface area contributed by atoms with E-state index < -0.39 is 28.5 Å². The van der Waals surface area contributed by atoms with Crippen LogP contribution in [0.2, 0.25) is 20.1 Å². The molecule has 0 spiro atoms. The molecule has 0 fully saturated rings. The van der Waals surface area contributed by atoms with Gasteiger partial charge in [-0.25, -0.2) is 8.42 Å². The summed E-state index contributed by atoms with van der Waals surface area (Å²) >= 11 is 25.2. The minimum absolute atomic E-state index is 0.0267. The van der Waals surface area contributed by atoms with Crippen LogP contribution in [0.5, 0.6) is 0 Å². The largest absolute Gasteiger partial charge is 0.352 e. The Hall–Kier alpha value is -2.49. The number of nitrogens with zero attached hydrogens (tertiary/aromatic N) is 2. The maximum absolute atomic E-state index is 14.1. The average Bonchev–Trinajstić information content (AvgIpc) is 2.94. The van der Waals surface area contributed by atoms with Crippen molar-refractivity contribution in [3.8, 4) is 0 Å². The van der Waals surface area contributed by atoms with Gasteiger partial charge in [-0.1, -0.05) is 84.5 Å². The molecule has 2 atom stereocenters. The Balaban J connectivity index is 2.11. The van der Waals surface area contributed by atoms with Crippen molar-refractivity contribution in [3.05, 3.63) is 92.4 Å². The van der Waals surface area contributed by atoms with Crippen LogP contribution in [0.4, 0.5) is 5.69 Å². The van der Waals surface area contributed by atoms with E-state index in [0.717, 1.165) is 4.31 Å². The van der Waals surface area contributed by atoms with Gasteiger partial charge < -0.3 is 10.2 Å². The predicted octanol–water partition coefficient (Wildman–Crippen LogP) is 7.22. The van der Waals surface area contributed by atoms with Crippen molar-refractivity contribution in [1.29, 1.82) is 0 Å². The van der Waals surface area contributed by atoms with Crippen molar-refractivity contribution in [2.24, 2.45) is 0 Å². The fourth-order valence-electron chi connectivity index (χ4n) is 4.10. The third kappa shape index (κ3) is 8.08. The SMILES string of the molecule is CC[C@H](C(=O)N[C@@H](C)CC)N(Cc1c(Cl)cccc1Cl)C(=O)CN(c1ccc(Cl)c(Cl)c1)S(=O)(=O)c1ccccc1. The molecule has 0 radical (unpaired) electrons. The van der Waals surface area contributed by atoms with E-state index >= 15 is 0 Å². The normalized spacial score (nSPS) is 12.9. The maximum Gasteiger partial charge on any atom is 0.264 e. The van der Waals surface area contributed by atoms with Gasteiger partial charge in [0.2, 0.25) is 11.8 Å². The van der Waals surface area contributed by atoms with Gasteiger partial charge in [-0.2, -0.15) is 0 Å². The minimum atomic E-state index is -4.25. The topological polar surface area (TPSA) is 86.8 Å². The van der Waals surface area contributed by atoms with Crippen LogP contribution in [0.1, 0.15) is 39.2 Å². The molecule has 0 saturated heterocycles. The molecule has 0 saturated carbocycles. The van der Waals surface area contributed by atoms with Gasteiger partial charge in [0.05, 0.1) is 20.6 Å². The summed E-state index contributed by atoms with van der Waals surface area (Å²) < 4.78 is 28.7. The van der Waals surface area contributed by atoms with Crippen molar-refractivity contribution < 1.29 is 18.0 Å². The van der Waals surface area contributed by atoms with Gasteiger partial charge in [-0.15, -0.1) is 0 Å². The Kier molecular flexibility index (Phi) is 11.8. The first-order valence-electron chi connectivity index (χ1n) is 13.0. The van der Waals surface area contributed by atoms with Crippen LogP contribution in [0.25, 0.3) is 0 Å². The number of anilines is 1. The summed E-state index contributed by atoms with van der Waals surface area (Å²) in [6.07, 6.45) is 0.946. The first-order chi connectivity index (χ1) is 19.4. The molecule has 0 unspecified atom stereocenters. The second-order valence-electron chi connectivity index (χ2n) is 9.39. The van der Waals surface area contributed by atoms with Gasteiger partial charge in [0.25, 0.3) is 10.0 Å². The molecule has 0 heterocycles. The van der Waals surface area contributed by atoms with E-state index in [1.807, 2.05) is 13.8 Å². The van der Waals surface area contributed by atoms with Gasteiger partial charge >= 0.3 is 0 Å². The van der Waals surface area contributed by atoms with E-state index in [2.05, 4.69) is 5.32 Å². The van der Waals surface area contributed by atoms with Crippen LogP contribution in [-0.2, 0) is 26.2 Å². The molecular formula is C29H31Cl4N3O4S. The molecule has 0 aromatic heterocycles. The Morgan fingerprint density at radius 1 is 0.829 bits per heavy atom. The number of amides is 2. The molecule has 7 nitrogen and oxygen atoms in total. The summed E-state index contributed by atoms with van der Waals surface area (Å²) in [6, 6.07) is 15.9. The molecule has 12 heteroatoms. The average molecular weight is 659 g/mol. The molecule has 220 valence electrons. The summed E-state index contributed by atoms with van der Waals surface area (Å²) in [4.78, 5) is 28.8. The number of carbonyl (C=O) groups is 2. The molecule has 0 aliphatic heterocycles. The lowest BCUT2D eigenvalue weighted by Crippen LogP contribution is -2.53. The van der Waals surface area contributed by atoms with Crippen molar-refractivity contribution in [1.82, 2.24) is 10.2 Å². The number of sulfonamides is 1. The van der Waals surface area contributed by atoms with Crippen molar-refractivity contribution in [2.45, 2.75) is 57.1 Å². The number of benzene rings is 3. The first kappa shape index (κ1) is 33.0. The number of hydrogen-bond donors (Lipinski definition) is 1.